The van der Waals surface area contributed by atoms with Gasteiger partial charge in [-0.2, -0.15) is 0 Å². The van der Waals surface area contributed by atoms with E-state index in [9.17, 15) is 27.6 Å². The molecule has 3 aromatic rings. The van der Waals surface area contributed by atoms with E-state index in [2.05, 4.69) is 10.6 Å². The molecule has 204 valence electrons. The van der Waals surface area contributed by atoms with E-state index in [0.717, 1.165) is 11.6 Å². The second-order valence-corrected chi connectivity index (χ2v) is 9.14. The van der Waals surface area contributed by atoms with Crippen LogP contribution in [-0.2, 0) is 11.2 Å². The van der Waals surface area contributed by atoms with Crippen molar-refractivity contribution in [1.29, 1.82) is 0 Å². The van der Waals surface area contributed by atoms with Gasteiger partial charge in [0.25, 0.3) is 0 Å². The van der Waals surface area contributed by atoms with Crippen LogP contribution in [0, 0.1) is 18.6 Å². The summed E-state index contributed by atoms with van der Waals surface area (Å²) in [5, 5.41) is 13.8. The molecule has 11 heteroatoms. The number of carbonyl (C=O) groups is 3. The minimum atomic E-state index is -1.32. The number of amides is 3. The van der Waals surface area contributed by atoms with Gasteiger partial charge in [0.2, 0.25) is 5.91 Å². The molecule has 1 aliphatic rings. The SMILES string of the molecule is Cc1ccccc1NC(=O)Nc1ccc(CC(=O)N2CC(F)CC2COc2ccc(C(=O)O)cc2)c(F)c1F. The Labute approximate surface area is 222 Å². The summed E-state index contributed by atoms with van der Waals surface area (Å²) in [5.74, 6) is -3.97. The van der Waals surface area contributed by atoms with Gasteiger partial charge in [0.15, 0.2) is 11.6 Å². The van der Waals surface area contributed by atoms with Gasteiger partial charge in [0.1, 0.15) is 18.5 Å². The van der Waals surface area contributed by atoms with Crippen LogP contribution >= 0.6 is 0 Å². The van der Waals surface area contributed by atoms with Crippen LogP contribution < -0.4 is 15.4 Å². The Hall–Kier alpha value is -4.54. The molecule has 2 atom stereocenters. The Balaban J connectivity index is 1.38. The van der Waals surface area contributed by atoms with E-state index in [1.807, 2.05) is 0 Å². The lowest BCUT2D eigenvalue weighted by Crippen LogP contribution is -2.40. The first-order valence-electron chi connectivity index (χ1n) is 12.1. The predicted molar refractivity (Wildman–Crippen MR) is 138 cm³/mol. The van der Waals surface area contributed by atoms with Crippen LogP contribution in [0.5, 0.6) is 5.75 Å². The lowest BCUT2D eigenvalue weighted by Gasteiger charge is -2.24. The monoisotopic (exact) mass is 541 g/mol. The van der Waals surface area contributed by atoms with E-state index in [1.165, 1.54) is 35.2 Å². The molecular formula is C28H26F3N3O5. The fraction of sp³-hybridized carbons (Fsp3) is 0.250. The molecule has 0 radical (unpaired) electrons. The minimum absolute atomic E-state index is 0.00858. The first kappa shape index (κ1) is 27.5. The maximum atomic E-state index is 14.8. The Morgan fingerprint density at radius 3 is 2.36 bits per heavy atom. The van der Waals surface area contributed by atoms with Crippen LogP contribution in [0.15, 0.2) is 60.7 Å². The molecular weight excluding hydrogens is 515 g/mol. The Kier molecular flexibility index (Phi) is 8.38. The number of rotatable bonds is 8. The van der Waals surface area contributed by atoms with E-state index in [4.69, 9.17) is 9.84 Å². The van der Waals surface area contributed by atoms with Crippen molar-refractivity contribution in [3.05, 3.63) is 89.0 Å². The van der Waals surface area contributed by atoms with Gasteiger partial charge in [-0.1, -0.05) is 24.3 Å². The molecule has 0 aliphatic carbocycles. The molecule has 1 heterocycles. The zero-order valence-corrected chi connectivity index (χ0v) is 20.9. The van der Waals surface area contributed by atoms with E-state index < -0.39 is 53.9 Å². The molecule has 8 nitrogen and oxygen atoms in total. The molecule has 1 aliphatic heterocycles. The number of nitrogens with zero attached hydrogens (tertiary/aromatic N) is 1. The van der Waals surface area contributed by atoms with Gasteiger partial charge in [0, 0.05) is 17.7 Å². The number of urea groups is 1. The number of alkyl halides is 1. The molecule has 3 N–H and O–H groups in total. The molecule has 0 spiro atoms. The largest absolute Gasteiger partial charge is 0.491 e. The number of halogens is 3. The van der Waals surface area contributed by atoms with Crippen molar-refractivity contribution in [2.45, 2.75) is 32.0 Å². The maximum absolute atomic E-state index is 14.8. The molecule has 0 aromatic heterocycles. The fourth-order valence-corrected chi connectivity index (χ4v) is 4.29. The average Bonchev–Trinajstić information content (AvgIpc) is 3.29. The summed E-state index contributed by atoms with van der Waals surface area (Å²) in [7, 11) is 0. The summed E-state index contributed by atoms with van der Waals surface area (Å²) in [6, 6.07) is 13.5. The fourth-order valence-electron chi connectivity index (χ4n) is 4.29. The third-order valence-electron chi connectivity index (χ3n) is 6.37. The second kappa shape index (κ2) is 11.9. The number of ether oxygens (including phenoxy) is 1. The zero-order chi connectivity index (χ0) is 28.1. The van der Waals surface area contributed by atoms with E-state index >= 15 is 0 Å². The lowest BCUT2D eigenvalue weighted by atomic mass is 10.1. The maximum Gasteiger partial charge on any atom is 0.335 e. The molecule has 2 unspecified atom stereocenters. The molecule has 1 saturated heterocycles. The first-order chi connectivity index (χ1) is 18.6. The predicted octanol–water partition coefficient (Wildman–Crippen LogP) is 5.18. The highest BCUT2D eigenvalue weighted by Crippen LogP contribution is 2.26. The summed E-state index contributed by atoms with van der Waals surface area (Å²) >= 11 is 0. The number of carbonyl (C=O) groups excluding carboxylic acids is 2. The van der Waals surface area contributed by atoms with Crippen molar-refractivity contribution < 1.29 is 37.4 Å². The molecule has 4 rings (SSSR count). The number of carboxylic acid groups (broad SMARTS) is 1. The van der Waals surface area contributed by atoms with Crippen LogP contribution in [0.25, 0.3) is 0 Å². The number of hydrogen-bond donors (Lipinski definition) is 3. The highest BCUT2D eigenvalue weighted by Gasteiger charge is 2.36. The van der Waals surface area contributed by atoms with Gasteiger partial charge in [0.05, 0.1) is 30.3 Å². The van der Waals surface area contributed by atoms with Crippen LogP contribution in [0.1, 0.15) is 27.9 Å². The van der Waals surface area contributed by atoms with Crippen LogP contribution in [0.2, 0.25) is 0 Å². The number of hydrogen-bond acceptors (Lipinski definition) is 4. The van der Waals surface area contributed by atoms with Crippen LogP contribution in [0.3, 0.4) is 0 Å². The van der Waals surface area contributed by atoms with Crippen molar-refractivity contribution in [3.8, 4) is 5.75 Å². The topological polar surface area (TPSA) is 108 Å². The minimum Gasteiger partial charge on any atom is -0.491 e. The van der Waals surface area contributed by atoms with Crippen LogP contribution in [-0.4, -0.2) is 53.3 Å². The van der Waals surface area contributed by atoms with Crippen molar-refractivity contribution in [3.63, 3.8) is 0 Å². The summed E-state index contributed by atoms with van der Waals surface area (Å²) in [6.45, 7) is 1.50. The number of aryl methyl sites for hydroxylation is 1. The summed E-state index contributed by atoms with van der Waals surface area (Å²) in [4.78, 5) is 37.4. The highest BCUT2D eigenvalue weighted by molar-refractivity contribution is 6.00. The Morgan fingerprint density at radius 2 is 1.67 bits per heavy atom. The van der Waals surface area contributed by atoms with Gasteiger partial charge in [-0.3, -0.25) is 4.79 Å². The lowest BCUT2D eigenvalue weighted by molar-refractivity contribution is -0.132. The quantitative estimate of drug-likeness (QED) is 0.365. The first-order valence-corrected chi connectivity index (χ1v) is 12.1. The standard InChI is InChI=1S/C28H26F3N3O5/c1-16-4-2-3-5-22(16)32-28(38)33-23-11-8-18(25(30)26(23)31)12-24(35)34-14-19(29)13-20(34)15-39-21-9-6-17(7-10-21)27(36)37/h2-11,19-20H,12-15H2,1H3,(H,36,37)(H2,32,33,38). The van der Waals surface area contributed by atoms with Gasteiger partial charge >= 0.3 is 12.0 Å². The van der Waals surface area contributed by atoms with E-state index in [1.54, 1.807) is 31.2 Å². The van der Waals surface area contributed by atoms with Gasteiger partial charge in [-0.25, -0.2) is 22.8 Å². The summed E-state index contributed by atoms with van der Waals surface area (Å²) < 4.78 is 49.4. The smallest absolute Gasteiger partial charge is 0.335 e. The number of aromatic carboxylic acids is 1. The molecule has 1 fully saturated rings. The Morgan fingerprint density at radius 1 is 0.974 bits per heavy atom. The van der Waals surface area contributed by atoms with Crippen molar-refractivity contribution in [2.75, 3.05) is 23.8 Å². The van der Waals surface area contributed by atoms with E-state index in [0.29, 0.717) is 11.4 Å². The van der Waals surface area contributed by atoms with Crippen molar-refractivity contribution >= 4 is 29.3 Å². The molecule has 3 aromatic carbocycles. The number of anilines is 2. The third-order valence-corrected chi connectivity index (χ3v) is 6.37. The van der Waals surface area contributed by atoms with Crippen LogP contribution in [0.4, 0.5) is 29.3 Å². The molecule has 0 saturated carbocycles. The molecule has 0 bridgehead atoms. The van der Waals surface area contributed by atoms with Crippen molar-refractivity contribution in [1.82, 2.24) is 4.90 Å². The third kappa shape index (κ3) is 6.67. The second-order valence-electron chi connectivity index (χ2n) is 9.14. The van der Waals surface area contributed by atoms with Gasteiger partial charge in [-0.05, 0) is 48.9 Å². The Bertz CT molecular complexity index is 1380. The van der Waals surface area contributed by atoms with Gasteiger partial charge in [-0.15, -0.1) is 0 Å². The summed E-state index contributed by atoms with van der Waals surface area (Å²) in [6.07, 6.45) is -1.82. The normalized spacial score (nSPS) is 16.6. The molecule has 39 heavy (non-hydrogen) atoms. The number of likely N-dealkylation sites (tertiary alicyclic amines) is 1. The number of nitrogens with one attached hydrogen (secondary N) is 2. The average molecular weight is 542 g/mol. The number of benzene rings is 3. The number of para-hydroxylation sites is 1. The van der Waals surface area contributed by atoms with Crippen molar-refractivity contribution in [2.24, 2.45) is 0 Å². The zero-order valence-electron chi connectivity index (χ0n) is 20.9. The van der Waals surface area contributed by atoms with E-state index in [-0.39, 0.29) is 30.7 Å². The molecule has 3 amide bonds. The van der Waals surface area contributed by atoms with Gasteiger partial charge < -0.3 is 25.4 Å². The highest BCUT2D eigenvalue weighted by atomic mass is 19.2. The summed E-state index contributed by atoms with van der Waals surface area (Å²) in [5.41, 5.74) is 0.718. The number of carboxylic acids is 1.